The first-order valence-corrected chi connectivity index (χ1v) is 20.6. The number of aromatic nitrogens is 6. The van der Waals surface area contributed by atoms with E-state index in [-0.39, 0.29) is 47.4 Å². The number of fused-ring (bicyclic) bond motifs is 4. The third-order valence-electron chi connectivity index (χ3n) is 10.9. The normalized spacial score (nSPS) is 21.9. The SMILES string of the molecule is Cc1c[nH]c(-c2nc([C@@H]3CC[C@@H]4CSc5cc(F)ccc5C(=O)N4C3)no2)c1.Cc1c[nH]c(-c2nc([C@H]3CC[C@H]4CSc5cc(F)ccc5C(=O)N4C3)no2)c1. The molecule has 10 rings (SSSR count). The molecule has 0 bridgehead atoms. The van der Waals surface area contributed by atoms with Crippen LogP contribution < -0.4 is 0 Å². The highest BCUT2D eigenvalue weighted by atomic mass is 32.2. The highest BCUT2D eigenvalue weighted by Crippen LogP contribution is 2.39. The van der Waals surface area contributed by atoms with Crippen molar-refractivity contribution < 1.29 is 27.4 Å². The zero-order valence-corrected chi connectivity index (χ0v) is 32.3. The molecule has 56 heavy (non-hydrogen) atoms. The number of H-pyrrole nitrogens is 2. The fraction of sp³-hybridized carbons (Fsp3) is 0.350. The molecule has 4 aromatic heterocycles. The number of benzene rings is 2. The van der Waals surface area contributed by atoms with Crippen LogP contribution in [0.15, 0.2) is 79.8 Å². The standard InChI is InChI=1S/2C20H19FN4O2S/c2*1-11-6-16(22-8-11)19-23-18(24-27-19)12-2-4-14-10-28-17-7-13(21)3-5-15(17)20(26)25(14)9-12/h2*3,5-8,12,14,22H,2,4,9-10H2,1H3/t2*12-,14-/m10/s1. The van der Waals surface area contributed by atoms with E-state index in [0.717, 1.165) is 69.5 Å². The van der Waals surface area contributed by atoms with Crippen LogP contribution in [0.4, 0.5) is 8.78 Å². The lowest BCUT2D eigenvalue weighted by molar-refractivity contribution is 0.0604. The molecule has 6 aromatic rings. The minimum atomic E-state index is -0.310. The number of rotatable bonds is 4. The van der Waals surface area contributed by atoms with E-state index in [2.05, 4.69) is 30.2 Å². The molecule has 2 fully saturated rings. The average molecular weight is 797 g/mol. The van der Waals surface area contributed by atoms with Gasteiger partial charge in [-0.1, -0.05) is 10.3 Å². The Bertz CT molecular complexity index is 2260. The molecule has 2 amide bonds. The Labute approximate surface area is 329 Å². The number of nitrogens with one attached hydrogen (secondary N) is 2. The molecule has 0 saturated carbocycles. The van der Waals surface area contributed by atoms with Crippen molar-refractivity contribution >= 4 is 35.3 Å². The van der Waals surface area contributed by atoms with Crippen LogP contribution in [0, 0.1) is 25.5 Å². The van der Waals surface area contributed by atoms with E-state index in [9.17, 15) is 18.4 Å². The first-order valence-electron chi connectivity index (χ1n) is 18.6. The van der Waals surface area contributed by atoms with Crippen LogP contribution in [0.1, 0.15) is 81.0 Å². The molecule has 0 spiro atoms. The van der Waals surface area contributed by atoms with E-state index in [4.69, 9.17) is 9.05 Å². The zero-order valence-electron chi connectivity index (χ0n) is 30.6. The van der Waals surface area contributed by atoms with Crippen molar-refractivity contribution in [1.82, 2.24) is 40.0 Å². The Morgan fingerprint density at radius 1 is 0.661 bits per heavy atom. The Kier molecular flexibility index (Phi) is 9.77. The summed E-state index contributed by atoms with van der Waals surface area (Å²) in [7, 11) is 0. The second-order valence-corrected chi connectivity index (χ2v) is 16.9. The number of thioether (sulfide) groups is 2. The van der Waals surface area contributed by atoms with E-state index in [1.165, 1.54) is 24.3 Å². The van der Waals surface area contributed by atoms with Gasteiger partial charge in [0.25, 0.3) is 23.6 Å². The van der Waals surface area contributed by atoms with E-state index in [0.29, 0.717) is 47.6 Å². The number of halogens is 2. The first kappa shape index (κ1) is 36.4. The highest BCUT2D eigenvalue weighted by Gasteiger charge is 2.39. The van der Waals surface area contributed by atoms with Gasteiger partial charge in [-0.3, -0.25) is 9.59 Å². The van der Waals surface area contributed by atoms with Gasteiger partial charge in [-0.25, -0.2) is 8.78 Å². The summed E-state index contributed by atoms with van der Waals surface area (Å²) < 4.78 is 38.0. The van der Waals surface area contributed by atoms with Gasteiger partial charge in [0.1, 0.15) is 23.0 Å². The van der Waals surface area contributed by atoms with Crippen molar-refractivity contribution in [2.45, 2.75) is 73.2 Å². The molecule has 0 aliphatic carbocycles. The van der Waals surface area contributed by atoms with Crippen LogP contribution >= 0.6 is 23.5 Å². The molecular weight excluding hydrogens is 759 g/mol. The van der Waals surface area contributed by atoms with Crippen molar-refractivity contribution in [3.63, 3.8) is 0 Å². The third kappa shape index (κ3) is 7.15. The molecule has 0 unspecified atom stereocenters. The molecule has 16 heteroatoms. The fourth-order valence-corrected chi connectivity index (χ4v) is 10.3. The largest absolute Gasteiger partial charge is 0.357 e. The summed E-state index contributed by atoms with van der Waals surface area (Å²) in [6, 6.07) is 13.0. The third-order valence-corrected chi connectivity index (χ3v) is 13.3. The number of hydrogen-bond donors (Lipinski definition) is 2. The maximum absolute atomic E-state index is 13.6. The van der Waals surface area contributed by atoms with Gasteiger partial charge in [-0.15, -0.1) is 23.5 Å². The number of carbonyl (C=O) groups is 2. The summed E-state index contributed by atoms with van der Waals surface area (Å²) in [6.45, 7) is 5.07. The van der Waals surface area contributed by atoms with E-state index in [1.54, 1.807) is 35.7 Å². The Balaban J connectivity index is 0.000000146. The highest BCUT2D eigenvalue weighted by molar-refractivity contribution is 7.99. The number of hydrogen-bond acceptors (Lipinski definition) is 10. The molecule has 2 N–H and O–H groups in total. The summed E-state index contributed by atoms with van der Waals surface area (Å²) >= 11 is 3.11. The van der Waals surface area contributed by atoms with Gasteiger partial charge in [-0.2, -0.15) is 9.97 Å². The van der Waals surface area contributed by atoms with Crippen LogP contribution in [-0.2, 0) is 0 Å². The first-order chi connectivity index (χ1) is 27.2. The second kappa shape index (κ2) is 15.0. The number of aryl methyl sites for hydroxylation is 2. The van der Waals surface area contributed by atoms with Crippen molar-refractivity contribution in [2.75, 3.05) is 24.6 Å². The van der Waals surface area contributed by atoms with Crippen LogP contribution in [0.3, 0.4) is 0 Å². The van der Waals surface area contributed by atoms with Crippen LogP contribution in [-0.4, -0.2) is 88.5 Å². The molecule has 4 atom stereocenters. The topological polar surface area (TPSA) is 150 Å². The average Bonchev–Trinajstić information content (AvgIpc) is 4.03. The number of amides is 2. The van der Waals surface area contributed by atoms with Gasteiger partial charge < -0.3 is 28.8 Å². The Morgan fingerprint density at radius 2 is 1.11 bits per heavy atom. The summed E-state index contributed by atoms with van der Waals surface area (Å²) in [5.74, 6) is 3.08. The number of aromatic amines is 2. The van der Waals surface area contributed by atoms with E-state index in [1.807, 2.05) is 48.2 Å². The van der Waals surface area contributed by atoms with Crippen LogP contribution in [0.2, 0.25) is 0 Å². The predicted molar refractivity (Wildman–Crippen MR) is 205 cm³/mol. The number of nitrogens with zero attached hydrogens (tertiary/aromatic N) is 6. The molecular formula is C40H38F2N8O4S2. The molecule has 4 aliphatic rings. The quantitative estimate of drug-likeness (QED) is 0.180. The predicted octanol–water partition coefficient (Wildman–Crippen LogP) is 8.01. The monoisotopic (exact) mass is 796 g/mol. The van der Waals surface area contributed by atoms with Gasteiger partial charge in [0.05, 0.1) is 11.1 Å². The van der Waals surface area contributed by atoms with Crippen LogP contribution in [0.25, 0.3) is 23.2 Å². The summed E-state index contributed by atoms with van der Waals surface area (Å²) in [5.41, 5.74) is 4.93. The molecule has 8 heterocycles. The Hall–Kier alpha value is -5.22. The fourth-order valence-electron chi connectivity index (χ4n) is 7.86. The minimum absolute atomic E-state index is 0.0285. The minimum Gasteiger partial charge on any atom is -0.357 e. The number of piperidine rings is 2. The lowest BCUT2D eigenvalue weighted by atomic mass is 9.92. The van der Waals surface area contributed by atoms with Crippen LogP contribution in [0.5, 0.6) is 0 Å². The molecule has 0 radical (unpaired) electrons. The van der Waals surface area contributed by atoms with Crippen molar-refractivity contribution in [1.29, 1.82) is 0 Å². The van der Waals surface area contributed by atoms with Crippen molar-refractivity contribution in [2.24, 2.45) is 0 Å². The smallest absolute Gasteiger partial charge is 0.274 e. The summed E-state index contributed by atoms with van der Waals surface area (Å²) in [4.78, 5) is 46.8. The molecule has 288 valence electrons. The van der Waals surface area contributed by atoms with Gasteiger partial charge in [0.2, 0.25) is 0 Å². The van der Waals surface area contributed by atoms with Gasteiger partial charge in [0, 0.05) is 70.7 Å². The summed E-state index contributed by atoms with van der Waals surface area (Å²) in [5, 5.41) is 8.34. The molecule has 12 nitrogen and oxygen atoms in total. The van der Waals surface area contributed by atoms with Gasteiger partial charge in [-0.05, 0) is 99.2 Å². The molecule has 4 aliphatic heterocycles. The maximum atomic E-state index is 13.6. The summed E-state index contributed by atoms with van der Waals surface area (Å²) in [6.07, 6.45) is 7.29. The maximum Gasteiger partial charge on any atom is 0.274 e. The molecule has 2 aromatic carbocycles. The van der Waals surface area contributed by atoms with Gasteiger partial charge >= 0.3 is 0 Å². The zero-order chi connectivity index (χ0) is 38.5. The van der Waals surface area contributed by atoms with Crippen molar-refractivity contribution in [3.8, 4) is 23.2 Å². The van der Waals surface area contributed by atoms with Crippen molar-refractivity contribution in [3.05, 3.63) is 106 Å². The Morgan fingerprint density at radius 3 is 1.52 bits per heavy atom. The lowest BCUT2D eigenvalue weighted by Gasteiger charge is -2.37. The van der Waals surface area contributed by atoms with E-state index >= 15 is 0 Å². The lowest BCUT2D eigenvalue weighted by Crippen LogP contribution is -2.46. The second-order valence-electron chi connectivity index (χ2n) is 14.8. The van der Waals surface area contributed by atoms with E-state index < -0.39 is 0 Å². The van der Waals surface area contributed by atoms with Gasteiger partial charge in [0.15, 0.2) is 11.6 Å². The number of carbonyl (C=O) groups excluding carboxylic acids is 2. The molecule has 2 saturated heterocycles.